The number of esters is 1. The van der Waals surface area contributed by atoms with Crippen LogP contribution in [0.25, 0.3) is 0 Å². The normalized spacial score (nSPS) is 10.2. The van der Waals surface area contributed by atoms with Gasteiger partial charge in [0.1, 0.15) is 19.0 Å². The van der Waals surface area contributed by atoms with Crippen molar-refractivity contribution in [1.82, 2.24) is 0 Å². The average Bonchev–Trinajstić information content (AvgIpc) is 2.59. The van der Waals surface area contributed by atoms with Crippen molar-refractivity contribution in [1.29, 1.82) is 0 Å². The number of halogens is 1. The third-order valence-corrected chi connectivity index (χ3v) is 4.32. The van der Waals surface area contributed by atoms with E-state index >= 15 is 0 Å². The summed E-state index contributed by atoms with van der Waals surface area (Å²) in [7, 11) is 0. The maximum atomic E-state index is 12.0. The van der Waals surface area contributed by atoms with Gasteiger partial charge in [-0.2, -0.15) is 0 Å². The summed E-state index contributed by atoms with van der Waals surface area (Å²) in [6, 6.07) is 11.5. The first-order valence-electron chi connectivity index (χ1n) is 6.89. The molecule has 24 heavy (non-hydrogen) atoms. The quantitative estimate of drug-likeness (QED) is 0.222. The second-order valence-electron chi connectivity index (χ2n) is 4.58. The van der Waals surface area contributed by atoms with Gasteiger partial charge in [0, 0.05) is 10.5 Å². The Labute approximate surface area is 151 Å². The molecule has 0 amide bonds. The van der Waals surface area contributed by atoms with Crippen molar-refractivity contribution >= 4 is 39.3 Å². The Morgan fingerprint density at radius 1 is 1.21 bits per heavy atom. The van der Waals surface area contributed by atoms with E-state index in [4.69, 9.17) is 9.47 Å². The Morgan fingerprint density at radius 2 is 1.92 bits per heavy atom. The average molecular weight is 412 g/mol. The van der Waals surface area contributed by atoms with Crippen molar-refractivity contribution in [3.05, 3.63) is 62.6 Å². The monoisotopic (exact) mass is 411 g/mol. The topological polar surface area (TPSA) is 78.7 Å². The summed E-state index contributed by atoms with van der Waals surface area (Å²) >= 11 is 4.57. The summed E-state index contributed by atoms with van der Waals surface area (Å²) < 4.78 is 11.5. The molecule has 0 fully saturated rings. The lowest BCUT2D eigenvalue weighted by molar-refractivity contribution is -0.387. The van der Waals surface area contributed by atoms with Gasteiger partial charge in [-0.3, -0.25) is 10.1 Å². The molecule has 0 saturated heterocycles. The number of hydrogen-bond acceptors (Lipinski definition) is 6. The van der Waals surface area contributed by atoms with Crippen LogP contribution in [-0.4, -0.2) is 30.4 Å². The first-order chi connectivity index (χ1) is 11.5. The number of carbonyl (C=O) groups excluding carboxylic acids is 1. The van der Waals surface area contributed by atoms with Crippen molar-refractivity contribution in [3.63, 3.8) is 0 Å². The number of rotatable bonds is 7. The van der Waals surface area contributed by atoms with Crippen LogP contribution in [0.4, 0.5) is 5.69 Å². The summed E-state index contributed by atoms with van der Waals surface area (Å²) in [6.45, 7) is 0.241. The molecule has 6 nitrogen and oxygen atoms in total. The standard InChI is InChI=1S/C16H14BrNO5S/c1-24-15-7-2-11(10-14(15)18(20)21)16(19)23-9-8-22-13-5-3-12(17)4-6-13/h2-7,10H,8-9H2,1H3. The summed E-state index contributed by atoms with van der Waals surface area (Å²) in [5, 5.41) is 11.0. The maximum absolute atomic E-state index is 12.0. The van der Waals surface area contributed by atoms with E-state index in [1.54, 1.807) is 18.4 Å². The molecule has 0 aliphatic rings. The molecule has 2 rings (SSSR count). The van der Waals surface area contributed by atoms with E-state index in [0.29, 0.717) is 10.6 Å². The van der Waals surface area contributed by atoms with Gasteiger partial charge in [0.2, 0.25) is 0 Å². The molecule has 0 aliphatic carbocycles. The minimum Gasteiger partial charge on any atom is -0.490 e. The minimum absolute atomic E-state index is 0.0486. The molecule has 2 aromatic rings. The Morgan fingerprint density at radius 3 is 2.54 bits per heavy atom. The van der Waals surface area contributed by atoms with Crippen LogP contribution in [0.2, 0.25) is 0 Å². The fraction of sp³-hybridized carbons (Fsp3) is 0.188. The molecular weight excluding hydrogens is 398 g/mol. The molecule has 0 aromatic heterocycles. The van der Waals surface area contributed by atoms with Crippen LogP contribution in [0, 0.1) is 10.1 Å². The molecule has 0 spiro atoms. The smallest absolute Gasteiger partial charge is 0.338 e. The highest BCUT2D eigenvalue weighted by atomic mass is 79.9. The van der Waals surface area contributed by atoms with E-state index in [0.717, 1.165) is 4.47 Å². The number of benzene rings is 2. The Hall–Kier alpha value is -2.06. The lowest BCUT2D eigenvalue weighted by atomic mass is 10.2. The van der Waals surface area contributed by atoms with Crippen LogP contribution in [0.1, 0.15) is 10.4 Å². The van der Waals surface area contributed by atoms with Gasteiger partial charge in [-0.05, 0) is 42.7 Å². The van der Waals surface area contributed by atoms with Crippen molar-refractivity contribution in [2.45, 2.75) is 4.90 Å². The summed E-state index contributed by atoms with van der Waals surface area (Å²) in [6.07, 6.45) is 1.74. The van der Waals surface area contributed by atoms with Crippen LogP contribution in [-0.2, 0) is 4.74 Å². The van der Waals surface area contributed by atoms with E-state index in [-0.39, 0.29) is 24.5 Å². The van der Waals surface area contributed by atoms with Crippen LogP contribution in [0.3, 0.4) is 0 Å². The number of nitrogens with zero attached hydrogens (tertiary/aromatic N) is 1. The van der Waals surface area contributed by atoms with E-state index in [2.05, 4.69) is 15.9 Å². The summed E-state index contributed by atoms with van der Waals surface area (Å²) in [5.41, 5.74) is 0.0335. The Kier molecular flexibility index (Phi) is 6.62. The lowest BCUT2D eigenvalue weighted by Gasteiger charge is -2.08. The lowest BCUT2D eigenvalue weighted by Crippen LogP contribution is -2.12. The molecular formula is C16H14BrNO5S. The first-order valence-corrected chi connectivity index (χ1v) is 8.91. The Balaban J connectivity index is 1.89. The zero-order valence-corrected chi connectivity index (χ0v) is 15.1. The molecule has 0 unspecified atom stereocenters. The van der Waals surface area contributed by atoms with Crippen molar-refractivity contribution in [2.24, 2.45) is 0 Å². The fourth-order valence-corrected chi connectivity index (χ4v) is 2.68. The van der Waals surface area contributed by atoms with Crippen LogP contribution in [0.5, 0.6) is 5.75 Å². The largest absolute Gasteiger partial charge is 0.490 e. The van der Waals surface area contributed by atoms with E-state index in [9.17, 15) is 14.9 Å². The van der Waals surface area contributed by atoms with Gasteiger partial charge in [-0.1, -0.05) is 15.9 Å². The van der Waals surface area contributed by atoms with Gasteiger partial charge < -0.3 is 9.47 Å². The number of nitro groups is 1. The molecule has 0 N–H and O–H groups in total. The number of carbonyl (C=O) groups is 1. The molecule has 0 atom stereocenters. The minimum atomic E-state index is -0.620. The van der Waals surface area contributed by atoms with Gasteiger partial charge in [0.15, 0.2) is 0 Å². The third kappa shape index (κ3) is 4.97. The van der Waals surface area contributed by atoms with Gasteiger partial charge in [0.05, 0.1) is 15.4 Å². The molecule has 0 aliphatic heterocycles. The molecule has 2 aromatic carbocycles. The predicted octanol–water partition coefficient (Wildman–Crippen LogP) is 4.32. The third-order valence-electron chi connectivity index (χ3n) is 3.01. The van der Waals surface area contributed by atoms with Gasteiger partial charge in [-0.15, -0.1) is 11.8 Å². The number of thioether (sulfide) groups is 1. The van der Waals surface area contributed by atoms with Crippen molar-refractivity contribution in [3.8, 4) is 5.75 Å². The van der Waals surface area contributed by atoms with E-state index in [1.807, 2.05) is 12.1 Å². The van der Waals surface area contributed by atoms with Gasteiger partial charge in [-0.25, -0.2) is 4.79 Å². The van der Waals surface area contributed by atoms with Gasteiger partial charge >= 0.3 is 5.97 Å². The van der Waals surface area contributed by atoms with Crippen LogP contribution < -0.4 is 4.74 Å². The highest BCUT2D eigenvalue weighted by Gasteiger charge is 2.17. The molecule has 0 saturated carbocycles. The Bertz CT molecular complexity index is 736. The fourth-order valence-electron chi connectivity index (χ4n) is 1.87. The molecule has 126 valence electrons. The molecule has 0 bridgehead atoms. The zero-order valence-electron chi connectivity index (χ0n) is 12.7. The predicted molar refractivity (Wildman–Crippen MR) is 94.8 cm³/mol. The van der Waals surface area contributed by atoms with Crippen molar-refractivity contribution < 1.29 is 19.2 Å². The second-order valence-corrected chi connectivity index (χ2v) is 6.35. The zero-order chi connectivity index (χ0) is 17.5. The SMILES string of the molecule is CSc1ccc(C(=O)OCCOc2ccc(Br)cc2)cc1[N+](=O)[O-]. The highest BCUT2D eigenvalue weighted by Crippen LogP contribution is 2.28. The first kappa shape index (κ1) is 18.3. The highest BCUT2D eigenvalue weighted by molar-refractivity contribution is 9.10. The number of hydrogen-bond donors (Lipinski definition) is 0. The molecule has 0 radical (unpaired) electrons. The van der Waals surface area contributed by atoms with Crippen LogP contribution >= 0.6 is 27.7 Å². The van der Waals surface area contributed by atoms with Gasteiger partial charge in [0.25, 0.3) is 5.69 Å². The molecule has 0 heterocycles. The van der Waals surface area contributed by atoms with E-state index < -0.39 is 10.9 Å². The molecule has 8 heteroatoms. The summed E-state index contributed by atoms with van der Waals surface area (Å²) in [4.78, 5) is 23.0. The van der Waals surface area contributed by atoms with Crippen molar-refractivity contribution in [2.75, 3.05) is 19.5 Å². The van der Waals surface area contributed by atoms with Crippen LogP contribution in [0.15, 0.2) is 51.8 Å². The number of nitro benzene ring substituents is 1. The maximum Gasteiger partial charge on any atom is 0.338 e. The van der Waals surface area contributed by atoms with E-state index in [1.165, 1.54) is 30.0 Å². The second kappa shape index (κ2) is 8.70. The summed E-state index contributed by atoms with van der Waals surface area (Å²) in [5.74, 6) is 0.0411. The number of ether oxygens (including phenoxy) is 2.